The molecule has 0 aliphatic heterocycles. The van der Waals surface area contributed by atoms with Gasteiger partial charge in [0.15, 0.2) is 0 Å². The molecule has 90 valence electrons. The Morgan fingerprint density at radius 1 is 1.12 bits per heavy atom. The monoisotopic (exact) mass is 240 g/mol. The first-order chi connectivity index (χ1) is 7.91. The fourth-order valence-corrected chi connectivity index (χ4v) is 1.81. The number of aromatic nitrogens is 2. The standard InChI is InChI=1S/C12H11F3N2/c1-7(2)11-10-8(12(13,14)15)4-3-5-9(10)16-6-17-11/h3-7H,1-2H3. The highest BCUT2D eigenvalue weighted by Gasteiger charge is 2.33. The van der Waals surface area contributed by atoms with Gasteiger partial charge in [-0.05, 0) is 18.1 Å². The number of benzene rings is 1. The Balaban J connectivity index is 2.86. The summed E-state index contributed by atoms with van der Waals surface area (Å²) in [7, 11) is 0. The van der Waals surface area contributed by atoms with E-state index in [2.05, 4.69) is 9.97 Å². The molecule has 0 fully saturated rings. The summed E-state index contributed by atoms with van der Waals surface area (Å²) in [6.45, 7) is 3.63. The van der Waals surface area contributed by atoms with E-state index >= 15 is 0 Å². The smallest absolute Gasteiger partial charge is 0.240 e. The average molecular weight is 240 g/mol. The van der Waals surface area contributed by atoms with Crippen LogP contribution in [-0.4, -0.2) is 9.97 Å². The molecule has 0 amide bonds. The van der Waals surface area contributed by atoms with Gasteiger partial charge in [-0.25, -0.2) is 9.97 Å². The van der Waals surface area contributed by atoms with Gasteiger partial charge in [-0.1, -0.05) is 19.9 Å². The zero-order valence-electron chi connectivity index (χ0n) is 9.42. The summed E-state index contributed by atoms with van der Waals surface area (Å²) in [6, 6.07) is 4.00. The van der Waals surface area contributed by atoms with Crippen LogP contribution in [0.15, 0.2) is 24.5 Å². The molecule has 0 spiro atoms. The van der Waals surface area contributed by atoms with E-state index in [-0.39, 0.29) is 11.3 Å². The number of alkyl halides is 3. The molecule has 0 saturated heterocycles. The van der Waals surface area contributed by atoms with Gasteiger partial charge in [0.1, 0.15) is 6.33 Å². The topological polar surface area (TPSA) is 25.8 Å². The van der Waals surface area contributed by atoms with Crippen LogP contribution in [0.5, 0.6) is 0 Å². The highest BCUT2D eigenvalue weighted by molar-refractivity contribution is 5.85. The third kappa shape index (κ3) is 2.09. The van der Waals surface area contributed by atoms with E-state index < -0.39 is 11.7 Å². The van der Waals surface area contributed by atoms with Crippen LogP contribution in [0, 0.1) is 0 Å². The Morgan fingerprint density at radius 2 is 1.82 bits per heavy atom. The predicted molar refractivity (Wildman–Crippen MR) is 58.6 cm³/mol. The number of hydrogen-bond acceptors (Lipinski definition) is 2. The second-order valence-electron chi connectivity index (χ2n) is 4.11. The van der Waals surface area contributed by atoms with E-state index in [1.807, 2.05) is 13.8 Å². The number of hydrogen-bond donors (Lipinski definition) is 0. The van der Waals surface area contributed by atoms with Gasteiger partial charge in [0.25, 0.3) is 0 Å². The average Bonchev–Trinajstić information content (AvgIpc) is 2.26. The van der Waals surface area contributed by atoms with Gasteiger partial charge in [0.05, 0.1) is 16.8 Å². The second kappa shape index (κ2) is 3.98. The molecule has 2 rings (SSSR count). The van der Waals surface area contributed by atoms with E-state index in [1.54, 1.807) is 6.07 Å². The molecule has 2 aromatic rings. The zero-order valence-corrected chi connectivity index (χ0v) is 9.42. The molecule has 0 saturated carbocycles. The van der Waals surface area contributed by atoms with Crippen LogP contribution in [0.3, 0.4) is 0 Å². The van der Waals surface area contributed by atoms with E-state index in [1.165, 1.54) is 12.4 Å². The SMILES string of the molecule is CC(C)c1ncnc2cccc(C(F)(F)F)c12. The molecule has 17 heavy (non-hydrogen) atoms. The van der Waals surface area contributed by atoms with Crippen molar-refractivity contribution in [3.63, 3.8) is 0 Å². The van der Waals surface area contributed by atoms with Crippen LogP contribution >= 0.6 is 0 Å². The summed E-state index contributed by atoms with van der Waals surface area (Å²) >= 11 is 0. The molecular formula is C12H11F3N2. The Labute approximate surface area is 96.5 Å². The van der Waals surface area contributed by atoms with Crippen LogP contribution in [0.2, 0.25) is 0 Å². The quantitative estimate of drug-likeness (QED) is 0.758. The zero-order chi connectivity index (χ0) is 12.6. The highest BCUT2D eigenvalue weighted by atomic mass is 19.4. The lowest BCUT2D eigenvalue weighted by molar-refractivity contribution is -0.136. The summed E-state index contributed by atoms with van der Waals surface area (Å²) in [5.74, 6) is -0.0796. The van der Waals surface area contributed by atoms with Crippen molar-refractivity contribution in [3.8, 4) is 0 Å². The van der Waals surface area contributed by atoms with Crippen molar-refractivity contribution in [1.29, 1.82) is 0 Å². The maximum absolute atomic E-state index is 12.9. The summed E-state index contributed by atoms with van der Waals surface area (Å²) in [5.41, 5.74) is 0.0979. The van der Waals surface area contributed by atoms with Crippen molar-refractivity contribution in [2.45, 2.75) is 25.9 Å². The van der Waals surface area contributed by atoms with E-state index in [0.717, 1.165) is 6.07 Å². The molecule has 0 atom stereocenters. The van der Waals surface area contributed by atoms with Crippen LogP contribution in [-0.2, 0) is 6.18 Å². The fourth-order valence-electron chi connectivity index (χ4n) is 1.81. The first kappa shape index (κ1) is 11.8. The molecule has 0 aliphatic carbocycles. The fraction of sp³-hybridized carbons (Fsp3) is 0.333. The largest absolute Gasteiger partial charge is 0.417 e. The normalized spacial score (nSPS) is 12.4. The van der Waals surface area contributed by atoms with E-state index in [4.69, 9.17) is 0 Å². The molecular weight excluding hydrogens is 229 g/mol. The van der Waals surface area contributed by atoms with Crippen molar-refractivity contribution in [3.05, 3.63) is 35.8 Å². The maximum Gasteiger partial charge on any atom is 0.417 e. The van der Waals surface area contributed by atoms with Gasteiger partial charge in [-0.15, -0.1) is 0 Å². The lowest BCUT2D eigenvalue weighted by Gasteiger charge is -2.14. The Bertz CT molecular complexity index is 542. The number of fused-ring (bicyclic) bond motifs is 1. The van der Waals surface area contributed by atoms with Crippen LogP contribution in [0.25, 0.3) is 10.9 Å². The molecule has 1 aromatic heterocycles. The van der Waals surface area contributed by atoms with Gasteiger partial charge >= 0.3 is 6.18 Å². The van der Waals surface area contributed by atoms with Gasteiger partial charge in [-0.2, -0.15) is 13.2 Å². The minimum atomic E-state index is -4.38. The van der Waals surface area contributed by atoms with Crippen molar-refractivity contribution in [1.82, 2.24) is 9.97 Å². The Morgan fingerprint density at radius 3 is 2.41 bits per heavy atom. The molecule has 0 aliphatic rings. The third-order valence-electron chi connectivity index (χ3n) is 2.54. The highest BCUT2D eigenvalue weighted by Crippen LogP contribution is 2.36. The maximum atomic E-state index is 12.9. The van der Waals surface area contributed by atoms with E-state index in [9.17, 15) is 13.2 Å². The third-order valence-corrected chi connectivity index (χ3v) is 2.54. The number of rotatable bonds is 1. The van der Waals surface area contributed by atoms with Gasteiger partial charge < -0.3 is 0 Å². The van der Waals surface area contributed by atoms with Crippen LogP contribution < -0.4 is 0 Å². The van der Waals surface area contributed by atoms with Gasteiger partial charge in [-0.3, -0.25) is 0 Å². The van der Waals surface area contributed by atoms with Crippen molar-refractivity contribution in [2.75, 3.05) is 0 Å². The Hall–Kier alpha value is -1.65. The molecule has 5 heteroatoms. The van der Waals surface area contributed by atoms with Crippen LogP contribution in [0.1, 0.15) is 31.0 Å². The van der Waals surface area contributed by atoms with Crippen molar-refractivity contribution < 1.29 is 13.2 Å². The van der Waals surface area contributed by atoms with Crippen molar-refractivity contribution in [2.24, 2.45) is 0 Å². The minimum absolute atomic E-state index is 0.0796. The van der Waals surface area contributed by atoms with Gasteiger partial charge in [0, 0.05) is 5.39 Å². The van der Waals surface area contributed by atoms with E-state index in [0.29, 0.717) is 11.2 Å². The summed E-state index contributed by atoms with van der Waals surface area (Å²) in [4.78, 5) is 7.86. The molecule has 0 bridgehead atoms. The van der Waals surface area contributed by atoms with Gasteiger partial charge in [0.2, 0.25) is 0 Å². The molecule has 2 nitrogen and oxygen atoms in total. The number of nitrogens with zero attached hydrogens (tertiary/aromatic N) is 2. The molecule has 0 radical (unpaired) electrons. The minimum Gasteiger partial charge on any atom is -0.240 e. The second-order valence-corrected chi connectivity index (χ2v) is 4.11. The summed E-state index contributed by atoms with van der Waals surface area (Å²) in [6.07, 6.45) is -3.08. The Kier molecular flexibility index (Phi) is 2.77. The summed E-state index contributed by atoms with van der Waals surface area (Å²) in [5, 5.41) is 0.109. The first-order valence-electron chi connectivity index (χ1n) is 5.22. The predicted octanol–water partition coefficient (Wildman–Crippen LogP) is 3.77. The van der Waals surface area contributed by atoms with Crippen molar-refractivity contribution >= 4 is 10.9 Å². The lowest BCUT2D eigenvalue weighted by atomic mass is 10.00. The first-order valence-corrected chi connectivity index (χ1v) is 5.22. The van der Waals surface area contributed by atoms with Crippen LogP contribution in [0.4, 0.5) is 13.2 Å². The molecule has 0 N–H and O–H groups in total. The lowest BCUT2D eigenvalue weighted by Crippen LogP contribution is -2.08. The molecule has 0 unspecified atom stereocenters. The number of halogens is 3. The molecule has 1 heterocycles. The summed E-state index contributed by atoms with van der Waals surface area (Å²) < 4.78 is 38.7. The molecule has 1 aromatic carbocycles.